The van der Waals surface area contributed by atoms with Crippen molar-refractivity contribution in [3.8, 4) is 28.5 Å². The van der Waals surface area contributed by atoms with E-state index in [-0.39, 0.29) is 39.1 Å². The van der Waals surface area contributed by atoms with Gasteiger partial charge < -0.3 is 25.3 Å². The summed E-state index contributed by atoms with van der Waals surface area (Å²) in [6.45, 7) is 1.44. The van der Waals surface area contributed by atoms with Crippen molar-refractivity contribution in [1.29, 1.82) is 0 Å². The van der Waals surface area contributed by atoms with Crippen LogP contribution in [0.25, 0.3) is 11.3 Å². The van der Waals surface area contributed by atoms with Crippen LogP contribution >= 0.6 is 11.6 Å². The SMILES string of the molecule is COc1cc(C(=O)NCC(C)(c2ccc(OC)c(-c3ccc(F)c(Cl)c3)n2)C(F)(F)F)ccc1OC(C)C(N)=O. The highest BCUT2D eigenvalue weighted by Crippen LogP contribution is 2.42. The molecule has 2 amide bonds. The van der Waals surface area contributed by atoms with E-state index < -0.39 is 47.6 Å². The molecular formula is C27H26ClF4N3O5. The number of alkyl halides is 3. The number of rotatable bonds is 10. The normalized spacial score (nSPS) is 13.6. The number of hydrogen-bond donors (Lipinski definition) is 2. The number of methoxy groups -OCH3 is 2. The number of nitrogens with two attached hydrogens (primary N) is 1. The summed E-state index contributed by atoms with van der Waals surface area (Å²) in [4.78, 5) is 28.4. The summed E-state index contributed by atoms with van der Waals surface area (Å²) in [5, 5.41) is 2.07. The summed E-state index contributed by atoms with van der Waals surface area (Å²) < 4.78 is 72.9. The summed E-state index contributed by atoms with van der Waals surface area (Å²) in [6.07, 6.45) is -5.84. The summed E-state index contributed by atoms with van der Waals surface area (Å²) in [5.41, 5.74) is 2.35. The average Bonchev–Trinajstić information content (AvgIpc) is 2.92. The number of amides is 2. The van der Waals surface area contributed by atoms with E-state index in [1.165, 1.54) is 57.5 Å². The van der Waals surface area contributed by atoms with Crippen LogP contribution in [0.3, 0.4) is 0 Å². The van der Waals surface area contributed by atoms with Gasteiger partial charge in [-0.05, 0) is 62.4 Å². The van der Waals surface area contributed by atoms with Crippen LogP contribution in [0.15, 0.2) is 48.5 Å². The van der Waals surface area contributed by atoms with E-state index in [0.29, 0.717) is 0 Å². The molecule has 0 aliphatic heterocycles. The molecular weight excluding hydrogens is 558 g/mol. The Morgan fingerprint density at radius 3 is 2.25 bits per heavy atom. The Kier molecular flexibility index (Phi) is 9.14. The first-order valence-corrected chi connectivity index (χ1v) is 12.1. The summed E-state index contributed by atoms with van der Waals surface area (Å²) in [7, 11) is 2.61. The monoisotopic (exact) mass is 583 g/mol. The van der Waals surface area contributed by atoms with Gasteiger partial charge in [-0.1, -0.05) is 11.6 Å². The van der Waals surface area contributed by atoms with Gasteiger partial charge >= 0.3 is 6.18 Å². The lowest BCUT2D eigenvalue weighted by atomic mass is 9.84. The lowest BCUT2D eigenvalue weighted by Crippen LogP contribution is -2.49. The molecule has 3 N–H and O–H groups in total. The zero-order valence-corrected chi connectivity index (χ0v) is 22.6. The number of ether oxygens (including phenoxy) is 3. The van der Waals surface area contributed by atoms with Gasteiger partial charge in [-0.25, -0.2) is 9.37 Å². The van der Waals surface area contributed by atoms with Crippen LogP contribution in [0.4, 0.5) is 17.6 Å². The zero-order valence-electron chi connectivity index (χ0n) is 21.9. The molecule has 214 valence electrons. The van der Waals surface area contributed by atoms with Gasteiger partial charge in [-0.15, -0.1) is 0 Å². The maximum Gasteiger partial charge on any atom is 0.401 e. The van der Waals surface area contributed by atoms with Crippen molar-refractivity contribution in [2.75, 3.05) is 20.8 Å². The number of nitrogens with zero attached hydrogens (tertiary/aromatic N) is 1. The molecule has 3 rings (SSSR count). The predicted octanol–water partition coefficient (Wildman–Crippen LogP) is 5.06. The van der Waals surface area contributed by atoms with E-state index in [1.807, 2.05) is 0 Å². The van der Waals surface area contributed by atoms with Crippen LogP contribution in [0, 0.1) is 5.82 Å². The third-order valence-electron chi connectivity index (χ3n) is 6.19. The lowest BCUT2D eigenvalue weighted by Gasteiger charge is -2.32. The van der Waals surface area contributed by atoms with Crippen molar-refractivity contribution in [3.05, 3.63) is 70.6 Å². The second-order valence-electron chi connectivity index (χ2n) is 8.92. The molecule has 0 aliphatic rings. The topological polar surface area (TPSA) is 113 Å². The Bertz CT molecular complexity index is 1420. The summed E-state index contributed by atoms with van der Waals surface area (Å²) in [5.74, 6) is -1.95. The number of halogens is 5. The number of benzene rings is 2. The maximum absolute atomic E-state index is 14.5. The molecule has 13 heteroatoms. The minimum absolute atomic E-state index is 0.00853. The number of hydrogen-bond acceptors (Lipinski definition) is 6. The molecule has 8 nitrogen and oxygen atoms in total. The number of pyridine rings is 1. The molecule has 3 aromatic rings. The maximum atomic E-state index is 14.5. The van der Waals surface area contributed by atoms with Gasteiger partial charge in [0.1, 0.15) is 22.7 Å². The molecule has 0 saturated carbocycles. The summed E-state index contributed by atoms with van der Waals surface area (Å²) in [6, 6.07) is 9.93. The quantitative estimate of drug-likeness (QED) is 0.323. The van der Waals surface area contributed by atoms with Crippen molar-refractivity contribution in [1.82, 2.24) is 10.3 Å². The minimum atomic E-state index is -4.85. The van der Waals surface area contributed by atoms with E-state index in [4.69, 9.17) is 31.5 Å². The van der Waals surface area contributed by atoms with Crippen LogP contribution in [0.5, 0.6) is 17.2 Å². The first-order chi connectivity index (χ1) is 18.7. The fourth-order valence-electron chi connectivity index (χ4n) is 3.62. The van der Waals surface area contributed by atoms with Gasteiger partial charge in [-0.2, -0.15) is 13.2 Å². The number of primary amides is 1. The molecule has 0 fully saturated rings. The largest absolute Gasteiger partial charge is 0.494 e. The number of nitrogens with one attached hydrogen (secondary N) is 1. The zero-order chi connectivity index (χ0) is 29.8. The molecule has 2 aromatic carbocycles. The first-order valence-electron chi connectivity index (χ1n) is 11.7. The Hall–Kier alpha value is -4.06. The van der Waals surface area contributed by atoms with Crippen molar-refractivity contribution in [2.24, 2.45) is 5.73 Å². The van der Waals surface area contributed by atoms with Crippen molar-refractivity contribution < 1.29 is 41.4 Å². The van der Waals surface area contributed by atoms with E-state index in [9.17, 15) is 27.2 Å². The van der Waals surface area contributed by atoms with Crippen molar-refractivity contribution in [2.45, 2.75) is 31.5 Å². The van der Waals surface area contributed by atoms with Crippen LogP contribution in [-0.2, 0) is 10.2 Å². The number of aromatic nitrogens is 1. The van der Waals surface area contributed by atoms with E-state index >= 15 is 0 Å². The molecule has 40 heavy (non-hydrogen) atoms. The molecule has 0 bridgehead atoms. The Balaban J connectivity index is 1.93. The Morgan fingerprint density at radius 2 is 1.68 bits per heavy atom. The smallest absolute Gasteiger partial charge is 0.401 e. The van der Waals surface area contributed by atoms with E-state index in [0.717, 1.165) is 19.1 Å². The minimum Gasteiger partial charge on any atom is -0.494 e. The fraction of sp³-hybridized carbons (Fsp3) is 0.296. The second-order valence-corrected chi connectivity index (χ2v) is 9.32. The number of carbonyl (C=O) groups is 2. The highest BCUT2D eigenvalue weighted by Gasteiger charge is 2.53. The van der Waals surface area contributed by atoms with Crippen molar-refractivity contribution in [3.63, 3.8) is 0 Å². The van der Waals surface area contributed by atoms with Gasteiger partial charge in [0.2, 0.25) is 0 Å². The molecule has 2 atom stereocenters. The molecule has 0 radical (unpaired) electrons. The van der Waals surface area contributed by atoms with Crippen LogP contribution in [-0.4, -0.2) is 49.8 Å². The Morgan fingerprint density at radius 1 is 1.02 bits per heavy atom. The molecule has 0 spiro atoms. The number of carbonyl (C=O) groups excluding carboxylic acids is 2. The molecule has 0 saturated heterocycles. The predicted molar refractivity (Wildman–Crippen MR) is 139 cm³/mol. The van der Waals surface area contributed by atoms with Gasteiger partial charge in [0, 0.05) is 17.7 Å². The standard InChI is InChI=1S/C27H26ClF4N3O5/c1-14(24(33)36)40-19-8-6-16(12-21(19)39-4)25(37)34-13-26(2,27(30,31)32)22-10-9-20(38-3)23(35-22)15-5-7-18(29)17(28)11-15/h5-12,14H,13H2,1-4H3,(H2,33,36)(H,34,37). The van der Waals surface area contributed by atoms with E-state index in [2.05, 4.69) is 10.3 Å². The average molecular weight is 584 g/mol. The van der Waals surface area contributed by atoms with Crippen molar-refractivity contribution >= 4 is 23.4 Å². The second kappa shape index (κ2) is 12.0. The Labute approximate surface area is 232 Å². The lowest BCUT2D eigenvalue weighted by molar-refractivity contribution is -0.184. The van der Waals surface area contributed by atoms with Gasteiger partial charge in [0.25, 0.3) is 11.8 Å². The highest BCUT2D eigenvalue weighted by atomic mass is 35.5. The third kappa shape index (κ3) is 6.39. The van der Waals surface area contributed by atoms with Crippen LogP contribution in [0.1, 0.15) is 29.9 Å². The molecule has 0 aliphatic carbocycles. The first kappa shape index (κ1) is 30.5. The fourth-order valence-corrected chi connectivity index (χ4v) is 3.80. The van der Waals surface area contributed by atoms with Gasteiger partial charge in [-0.3, -0.25) is 9.59 Å². The molecule has 1 heterocycles. The third-order valence-corrected chi connectivity index (χ3v) is 6.48. The molecule has 1 aromatic heterocycles. The summed E-state index contributed by atoms with van der Waals surface area (Å²) >= 11 is 5.87. The van der Waals surface area contributed by atoms with Gasteiger partial charge in [0.15, 0.2) is 17.6 Å². The highest BCUT2D eigenvalue weighted by molar-refractivity contribution is 6.31. The van der Waals surface area contributed by atoms with Crippen LogP contribution < -0.4 is 25.3 Å². The van der Waals surface area contributed by atoms with E-state index in [1.54, 1.807) is 0 Å². The van der Waals surface area contributed by atoms with Gasteiger partial charge in [0.05, 0.1) is 24.9 Å². The van der Waals surface area contributed by atoms with Crippen LogP contribution in [0.2, 0.25) is 5.02 Å². The molecule has 2 unspecified atom stereocenters.